The van der Waals surface area contributed by atoms with E-state index in [1.54, 1.807) is 0 Å². The maximum absolute atomic E-state index is 12.4. The van der Waals surface area contributed by atoms with Gasteiger partial charge in [0.1, 0.15) is 5.78 Å². The van der Waals surface area contributed by atoms with Gasteiger partial charge in [-0.25, -0.2) is 0 Å². The Hall–Kier alpha value is -1.11. The van der Waals surface area contributed by atoms with Gasteiger partial charge in [-0.05, 0) is 25.2 Å². The predicted molar refractivity (Wildman–Crippen MR) is 85.5 cm³/mol. The third-order valence-electron chi connectivity index (χ3n) is 4.72. The van der Waals surface area contributed by atoms with Crippen LogP contribution in [0.1, 0.15) is 58.3 Å². The monoisotopic (exact) mass is 272 g/mol. The van der Waals surface area contributed by atoms with Gasteiger partial charge in [0.2, 0.25) is 0 Å². The molecule has 0 bridgehead atoms. The Labute approximate surface area is 123 Å². The van der Waals surface area contributed by atoms with Crippen LogP contribution in [0.15, 0.2) is 36.5 Å². The fraction of sp³-hybridized carbons (Fsp3) is 0.632. The minimum Gasteiger partial charge on any atom is -0.299 e. The third kappa shape index (κ3) is 4.19. The van der Waals surface area contributed by atoms with Crippen molar-refractivity contribution in [1.82, 2.24) is 0 Å². The summed E-state index contributed by atoms with van der Waals surface area (Å²) >= 11 is 0. The first-order valence-corrected chi connectivity index (χ1v) is 8.37. The van der Waals surface area contributed by atoms with E-state index < -0.39 is 0 Å². The average Bonchev–Trinajstić information content (AvgIpc) is 2.72. The summed E-state index contributed by atoms with van der Waals surface area (Å²) in [5, 5.41) is 0. The van der Waals surface area contributed by atoms with Crippen LogP contribution in [-0.2, 0) is 4.79 Å². The molecule has 0 amide bonds. The SMILES string of the molecule is CCCCCC[C@@H]1CCCC(=O)[C@H]1C1C=CC=CC=C1. The Kier molecular flexibility index (Phi) is 6.29. The van der Waals surface area contributed by atoms with Gasteiger partial charge in [0, 0.05) is 18.3 Å². The van der Waals surface area contributed by atoms with E-state index in [-0.39, 0.29) is 5.92 Å². The van der Waals surface area contributed by atoms with E-state index in [4.69, 9.17) is 0 Å². The van der Waals surface area contributed by atoms with Gasteiger partial charge < -0.3 is 0 Å². The molecule has 20 heavy (non-hydrogen) atoms. The number of unbranched alkanes of at least 4 members (excludes halogenated alkanes) is 3. The van der Waals surface area contributed by atoms with E-state index in [2.05, 4.69) is 43.4 Å². The molecule has 110 valence electrons. The van der Waals surface area contributed by atoms with Gasteiger partial charge >= 0.3 is 0 Å². The van der Waals surface area contributed by atoms with Crippen molar-refractivity contribution in [3.05, 3.63) is 36.5 Å². The first kappa shape index (κ1) is 15.3. The molecule has 0 unspecified atom stereocenters. The number of hydrogen-bond donors (Lipinski definition) is 0. The van der Waals surface area contributed by atoms with Crippen molar-refractivity contribution in [3.8, 4) is 0 Å². The zero-order valence-corrected chi connectivity index (χ0v) is 12.8. The van der Waals surface area contributed by atoms with Crippen molar-refractivity contribution >= 4 is 5.78 Å². The first-order valence-electron chi connectivity index (χ1n) is 8.37. The van der Waals surface area contributed by atoms with Crippen LogP contribution >= 0.6 is 0 Å². The average molecular weight is 272 g/mol. The maximum Gasteiger partial charge on any atom is 0.137 e. The number of hydrogen-bond acceptors (Lipinski definition) is 1. The molecule has 0 aliphatic heterocycles. The third-order valence-corrected chi connectivity index (χ3v) is 4.72. The van der Waals surface area contributed by atoms with E-state index in [0.29, 0.717) is 17.6 Å². The van der Waals surface area contributed by atoms with Crippen LogP contribution in [0.2, 0.25) is 0 Å². The molecule has 0 heterocycles. The largest absolute Gasteiger partial charge is 0.299 e. The Morgan fingerprint density at radius 1 is 1.05 bits per heavy atom. The minimum absolute atomic E-state index is 0.234. The zero-order valence-electron chi connectivity index (χ0n) is 12.8. The number of rotatable bonds is 6. The molecule has 0 aromatic heterocycles. The second kappa shape index (κ2) is 8.24. The number of carbonyl (C=O) groups excluding carboxylic acids is 1. The van der Waals surface area contributed by atoms with Gasteiger partial charge in [0.15, 0.2) is 0 Å². The summed E-state index contributed by atoms with van der Waals surface area (Å²) in [5.41, 5.74) is 0. The van der Waals surface area contributed by atoms with Crippen LogP contribution in [0.5, 0.6) is 0 Å². The van der Waals surface area contributed by atoms with E-state index in [9.17, 15) is 4.79 Å². The molecule has 1 heteroatoms. The molecule has 2 aliphatic rings. The number of carbonyl (C=O) groups is 1. The predicted octanol–water partition coefficient (Wildman–Crippen LogP) is 5.24. The highest BCUT2D eigenvalue weighted by molar-refractivity contribution is 5.82. The van der Waals surface area contributed by atoms with Gasteiger partial charge in [0.05, 0.1) is 0 Å². The molecule has 2 aliphatic carbocycles. The van der Waals surface area contributed by atoms with E-state index in [1.165, 1.54) is 38.5 Å². The van der Waals surface area contributed by atoms with Crippen molar-refractivity contribution in [2.75, 3.05) is 0 Å². The summed E-state index contributed by atoms with van der Waals surface area (Å²) in [6.07, 6.45) is 22.4. The first-order chi connectivity index (χ1) is 9.83. The van der Waals surface area contributed by atoms with Gasteiger partial charge in [-0.15, -0.1) is 0 Å². The molecule has 1 nitrogen and oxygen atoms in total. The van der Waals surface area contributed by atoms with Crippen LogP contribution in [0.25, 0.3) is 0 Å². The summed E-state index contributed by atoms with van der Waals surface area (Å²) in [6, 6.07) is 0. The Balaban J connectivity index is 1.98. The Morgan fingerprint density at radius 2 is 1.80 bits per heavy atom. The molecule has 0 radical (unpaired) electrons. The standard InChI is InChI=1S/C19H28O/c1-2-3-4-7-11-17-14-10-15-18(20)19(17)16-12-8-5-6-9-13-16/h5-6,8-9,12-13,16-17,19H,2-4,7,10-11,14-15H2,1H3/t17-,19+/m1/s1. The Bertz CT molecular complexity index is 373. The molecule has 0 aromatic carbocycles. The summed E-state index contributed by atoms with van der Waals surface area (Å²) in [7, 11) is 0. The van der Waals surface area contributed by atoms with E-state index >= 15 is 0 Å². The molecule has 0 spiro atoms. The lowest BCUT2D eigenvalue weighted by molar-refractivity contribution is -0.127. The topological polar surface area (TPSA) is 17.1 Å². The second-order valence-corrected chi connectivity index (χ2v) is 6.23. The molecule has 0 saturated heterocycles. The summed E-state index contributed by atoms with van der Waals surface area (Å²) in [4.78, 5) is 12.4. The molecule has 2 atom stereocenters. The van der Waals surface area contributed by atoms with E-state index in [0.717, 1.165) is 12.8 Å². The summed E-state index contributed by atoms with van der Waals surface area (Å²) < 4.78 is 0. The fourth-order valence-electron chi connectivity index (χ4n) is 3.65. The smallest absolute Gasteiger partial charge is 0.137 e. The van der Waals surface area contributed by atoms with Gasteiger partial charge in [-0.3, -0.25) is 4.79 Å². The van der Waals surface area contributed by atoms with Crippen molar-refractivity contribution in [2.24, 2.45) is 17.8 Å². The Morgan fingerprint density at radius 3 is 2.50 bits per heavy atom. The maximum atomic E-state index is 12.4. The van der Waals surface area contributed by atoms with Crippen molar-refractivity contribution in [1.29, 1.82) is 0 Å². The van der Waals surface area contributed by atoms with Crippen LogP contribution in [0.3, 0.4) is 0 Å². The number of allylic oxidation sites excluding steroid dienone is 6. The number of ketones is 1. The molecule has 2 rings (SSSR count). The lowest BCUT2D eigenvalue weighted by Crippen LogP contribution is -2.33. The molecule has 1 fully saturated rings. The van der Waals surface area contributed by atoms with Crippen molar-refractivity contribution in [3.63, 3.8) is 0 Å². The van der Waals surface area contributed by atoms with Crippen LogP contribution < -0.4 is 0 Å². The van der Waals surface area contributed by atoms with Gasteiger partial charge in [0.25, 0.3) is 0 Å². The van der Waals surface area contributed by atoms with Crippen LogP contribution in [0.4, 0.5) is 0 Å². The summed E-state index contributed by atoms with van der Waals surface area (Å²) in [6.45, 7) is 2.25. The molecule has 0 N–H and O–H groups in total. The van der Waals surface area contributed by atoms with Crippen LogP contribution in [0, 0.1) is 17.8 Å². The molecular weight excluding hydrogens is 244 g/mol. The molecule has 0 aromatic rings. The minimum atomic E-state index is 0.234. The molecule has 1 saturated carbocycles. The number of Topliss-reactive ketones (excluding diaryl/α,β-unsaturated/α-hetero) is 1. The highest BCUT2D eigenvalue weighted by atomic mass is 16.1. The second-order valence-electron chi connectivity index (χ2n) is 6.23. The zero-order chi connectivity index (χ0) is 14.2. The van der Waals surface area contributed by atoms with Crippen molar-refractivity contribution < 1.29 is 4.79 Å². The summed E-state index contributed by atoms with van der Waals surface area (Å²) in [5.74, 6) is 1.65. The lowest BCUT2D eigenvalue weighted by Gasteiger charge is -2.34. The highest BCUT2D eigenvalue weighted by Crippen LogP contribution is 2.37. The van der Waals surface area contributed by atoms with E-state index in [1.807, 2.05) is 0 Å². The highest BCUT2D eigenvalue weighted by Gasteiger charge is 2.35. The van der Waals surface area contributed by atoms with Gasteiger partial charge in [-0.2, -0.15) is 0 Å². The van der Waals surface area contributed by atoms with Crippen LogP contribution in [-0.4, -0.2) is 5.78 Å². The lowest BCUT2D eigenvalue weighted by atomic mass is 9.69. The molecular formula is C19H28O. The van der Waals surface area contributed by atoms with Gasteiger partial charge in [-0.1, -0.05) is 69.1 Å². The quantitative estimate of drug-likeness (QED) is 0.604. The normalized spacial score (nSPS) is 26.9. The van der Waals surface area contributed by atoms with Crippen molar-refractivity contribution in [2.45, 2.75) is 58.3 Å². The fourth-order valence-corrected chi connectivity index (χ4v) is 3.65.